The highest BCUT2D eigenvalue weighted by molar-refractivity contribution is 7.47. The summed E-state index contributed by atoms with van der Waals surface area (Å²) in [6, 6.07) is 0. The molecule has 0 saturated heterocycles. The second kappa shape index (κ2) is 61.6. The van der Waals surface area contributed by atoms with Gasteiger partial charge in [-0.05, 0) is 49.4 Å². The Kier molecular flexibility index (Phi) is 60.3. The van der Waals surface area contributed by atoms with E-state index in [-0.39, 0.29) is 25.7 Å². The van der Waals surface area contributed by atoms with Crippen LogP contribution in [0.2, 0.25) is 0 Å². The number of rotatable bonds is 69. The van der Waals surface area contributed by atoms with Gasteiger partial charge in [-0.3, -0.25) is 37.3 Å². The van der Waals surface area contributed by atoms with Crippen molar-refractivity contribution in [3.8, 4) is 0 Å². The van der Waals surface area contributed by atoms with Crippen molar-refractivity contribution in [1.82, 2.24) is 0 Å². The second-order valence-electron chi connectivity index (χ2n) is 27.9. The molecular weight excluding hydrogens is 1200 g/mol. The maximum atomic E-state index is 13.0. The van der Waals surface area contributed by atoms with Gasteiger partial charge in [-0.2, -0.15) is 0 Å². The molecule has 0 aliphatic carbocycles. The number of phosphoric ester groups is 2. The second-order valence-corrected chi connectivity index (χ2v) is 30.8. The van der Waals surface area contributed by atoms with Crippen LogP contribution in [-0.2, 0) is 65.4 Å². The van der Waals surface area contributed by atoms with Crippen LogP contribution in [0.4, 0.5) is 0 Å². The molecule has 0 aromatic carbocycles. The number of phosphoric acid groups is 2. The van der Waals surface area contributed by atoms with Crippen molar-refractivity contribution >= 4 is 39.5 Å². The molecule has 0 aliphatic rings. The molecule has 3 N–H and O–H groups in total. The minimum atomic E-state index is -4.95. The molecule has 0 radical (unpaired) electrons. The Morgan fingerprint density at radius 1 is 0.275 bits per heavy atom. The number of ether oxygens (including phenoxy) is 4. The summed E-state index contributed by atoms with van der Waals surface area (Å²) < 4.78 is 68.3. The maximum absolute atomic E-state index is 13.0. The van der Waals surface area contributed by atoms with Gasteiger partial charge in [0, 0.05) is 25.7 Å². The Labute approximate surface area is 556 Å². The molecule has 5 atom stereocenters. The smallest absolute Gasteiger partial charge is 0.462 e. The van der Waals surface area contributed by atoms with Crippen LogP contribution in [0.15, 0.2) is 0 Å². The third-order valence-electron chi connectivity index (χ3n) is 16.6. The summed E-state index contributed by atoms with van der Waals surface area (Å²) >= 11 is 0. The van der Waals surface area contributed by atoms with Crippen LogP contribution in [0.5, 0.6) is 0 Å². The van der Waals surface area contributed by atoms with E-state index in [0.29, 0.717) is 37.5 Å². The van der Waals surface area contributed by atoms with Crippen molar-refractivity contribution in [2.45, 2.75) is 375 Å². The van der Waals surface area contributed by atoms with Gasteiger partial charge in [-0.1, -0.05) is 306 Å². The van der Waals surface area contributed by atoms with Gasteiger partial charge < -0.3 is 33.8 Å². The number of aliphatic hydroxyl groups is 1. The minimum absolute atomic E-state index is 0.102. The van der Waals surface area contributed by atoms with E-state index in [9.17, 15) is 43.2 Å². The largest absolute Gasteiger partial charge is 0.472 e. The monoisotopic (exact) mass is 1340 g/mol. The molecule has 0 saturated carbocycles. The third-order valence-corrected chi connectivity index (χ3v) is 18.5. The fraction of sp³-hybridized carbons (Fsp3) is 0.944. The van der Waals surface area contributed by atoms with Crippen LogP contribution in [-0.4, -0.2) is 96.7 Å². The van der Waals surface area contributed by atoms with Crippen molar-refractivity contribution in [2.75, 3.05) is 39.6 Å². The minimum Gasteiger partial charge on any atom is -0.462 e. The van der Waals surface area contributed by atoms with E-state index in [1.807, 2.05) is 0 Å². The van der Waals surface area contributed by atoms with Gasteiger partial charge >= 0.3 is 39.5 Å². The summed E-state index contributed by atoms with van der Waals surface area (Å²) in [6.45, 7) is 14.1. The number of carbonyl (C=O) groups is 4. The molecule has 91 heavy (non-hydrogen) atoms. The first kappa shape index (κ1) is 89.1. The first-order valence-electron chi connectivity index (χ1n) is 37.2. The van der Waals surface area contributed by atoms with Crippen molar-refractivity contribution in [2.24, 2.45) is 23.7 Å². The summed E-state index contributed by atoms with van der Waals surface area (Å²) in [5.41, 5.74) is 0. The molecule has 0 heterocycles. The summed E-state index contributed by atoms with van der Waals surface area (Å²) in [5, 5.41) is 10.6. The highest BCUT2D eigenvalue weighted by atomic mass is 31.2. The van der Waals surface area contributed by atoms with Crippen LogP contribution in [0, 0.1) is 23.7 Å². The number of carbonyl (C=O) groups excluding carboxylic acids is 4. The zero-order valence-corrected chi connectivity index (χ0v) is 61.3. The molecule has 0 aliphatic heterocycles. The standard InChI is InChI=1S/C72H140O17P2/c1-62(2)48-40-32-24-18-14-10-9-11-16-20-28-36-44-52-69(74)82-58-67(88-71(76)54-46-38-29-21-17-13-12-15-19-25-33-41-49-63(3)4)60-86-90(78,79)84-56-66(73)57-85-91(80,81)87-61-68(89-72(77)55-47-39-31-23-27-35-43-51-65(7)8)59-83-70(75)53-45-37-30-22-26-34-42-50-64(5)6/h62-68,73H,9-61H2,1-8H3,(H,78,79)(H,80,81)/t66?,67-,68-/m1/s1. The van der Waals surface area contributed by atoms with Gasteiger partial charge in [0.05, 0.1) is 26.4 Å². The van der Waals surface area contributed by atoms with E-state index in [1.54, 1.807) is 0 Å². The van der Waals surface area contributed by atoms with E-state index in [1.165, 1.54) is 154 Å². The highest BCUT2D eigenvalue weighted by Gasteiger charge is 2.30. The summed E-state index contributed by atoms with van der Waals surface area (Å²) in [5.74, 6) is 0.840. The Morgan fingerprint density at radius 3 is 0.681 bits per heavy atom. The lowest BCUT2D eigenvalue weighted by molar-refractivity contribution is -0.161. The fourth-order valence-corrected chi connectivity index (χ4v) is 12.4. The molecule has 0 aromatic heterocycles. The van der Waals surface area contributed by atoms with Crippen LogP contribution < -0.4 is 0 Å². The molecule has 0 fully saturated rings. The molecule has 17 nitrogen and oxygen atoms in total. The van der Waals surface area contributed by atoms with Crippen LogP contribution >= 0.6 is 15.6 Å². The molecule has 19 heteroatoms. The molecule has 540 valence electrons. The first-order chi connectivity index (χ1) is 43.6. The Balaban J connectivity index is 5.24. The van der Waals surface area contributed by atoms with Gasteiger partial charge in [0.15, 0.2) is 12.2 Å². The average Bonchev–Trinajstić information content (AvgIpc) is 3.69. The quantitative estimate of drug-likeness (QED) is 0.0222. The zero-order chi connectivity index (χ0) is 67.5. The fourth-order valence-electron chi connectivity index (χ4n) is 10.8. The number of esters is 4. The van der Waals surface area contributed by atoms with Crippen molar-refractivity contribution < 1.29 is 80.2 Å². The third kappa shape index (κ3) is 66.5. The van der Waals surface area contributed by atoms with Crippen molar-refractivity contribution in [3.05, 3.63) is 0 Å². The maximum Gasteiger partial charge on any atom is 0.472 e. The topological polar surface area (TPSA) is 237 Å². The number of unbranched alkanes of at least 4 members (excludes halogenated alkanes) is 35. The van der Waals surface area contributed by atoms with Crippen LogP contribution in [0.1, 0.15) is 357 Å². The average molecular weight is 1340 g/mol. The Bertz CT molecular complexity index is 1800. The van der Waals surface area contributed by atoms with Gasteiger partial charge in [0.25, 0.3) is 0 Å². The van der Waals surface area contributed by atoms with E-state index in [2.05, 4.69) is 55.4 Å². The molecular formula is C72H140O17P2. The molecule has 0 aromatic rings. The van der Waals surface area contributed by atoms with Crippen LogP contribution in [0.3, 0.4) is 0 Å². The van der Waals surface area contributed by atoms with Gasteiger partial charge in [-0.15, -0.1) is 0 Å². The number of hydrogen-bond donors (Lipinski definition) is 3. The van der Waals surface area contributed by atoms with E-state index < -0.39 is 97.5 Å². The normalized spacial score (nSPS) is 14.2. The predicted octanol–water partition coefficient (Wildman–Crippen LogP) is 20.5. The van der Waals surface area contributed by atoms with E-state index >= 15 is 0 Å². The Morgan fingerprint density at radius 2 is 0.462 bits per heavy atom. The summed E-state index contributed by atoms with van der Waals surface area (Å²) in [4.78, 5) is 72.6. The lowest BCUT2D eigenvalue weighted by Crippen LogP contribution is -2.30. The first-order valence-corrected chi connectivity index (χ1v) is 40.2. The Hall–Kier alpha value is -1.94. The van der Waals surface area contributed by atoms with Gasteiger partial charge in [0.1, 0.15) is 19.3 Å². The van der Waals surface area contributed by atoms with Gasteiger partial charge in [0.2, 0.25) is 0 Å². The zero-order valence-electron chi connectivity index (χ0n) is 59.5. The summed E-state index contributed by atoms with van der Waals surface area (Å²) in [7, 11) is -9.90. The lowest BCUT2D eigenvalue weighted by Gasteiger charge is -2.21. The number of aliphatic hydroxyl groups excluding tert-OH is 1. The van der Waals surface area contributed by atoms with Crippen LogP contribution in [0.25, 0.3) is 0 Å². The van der Waals surface area contributed by atoms with Crippen molar-refractivity contribution in [1.29, 1.82) is 0 Å². The predicted molar refractivity (Wildman–Crippen MR) is 367 cm³/mol. The molecule has 3 unspecified atom stereocenters. The molecule has 0 bridgehead atoms. The number of hydrogen-bond acceptors (Lipinski definition) is 15. The molecule has 0 spiro atoms. The van der Waals surface area contributed by atoms with E-state index in [4.69, 9.17) is 37.0 Å². The van der Waals surface area contributed by atoms with E-state index in [0.717, 1.165) is 108 Å². The summed E-state index contributed by atoms with van der Waals surface area (Å²) in [6.07, 6.45) is 44.6. The SMILES string of the molecule is CC(C)CCCCCCCCCCCCCCCC(=O)OC[C@H](COP(=O)(O)OCC(O)COP(=O)(O)OC[C@@H](COC(=O)CCCCCCCCCC(C)C)OC(=O)CCCCCCCCCC(C)C)OC(=O)CCCCCCCCCCCCCCC(C)C. The van der Waals surface area contributed by atoms with Gasteiger partial charge in [-0.25, -0.2) is 9.13 Å². The molecule has 0 amide bonds. The lowest BCUT2D eigenvalue weighted by atomic mass is 10.0. The van der Waals surface area contributed by atoms with Crippen molar-refractivity contribution in [3.63, 3.8) is 0 Å². The molecule has 0 rings (SSSR count). The highest BCUT2D eigenvalue weighted by Crippen LogP contribution is 2.45.